The second-order valence-electron chi connectivity index (χ2n) is 53.4. The summed E-state index contributed by atoms with van der Waals surface area (Å²) in [6.45, 7) is 4.90. The molecule has 0 saturated carbocycles. The van der Waals surface area contributed by atoms with Crippen LogP contribution in [-0.4, -0.2) is 63.3 Å². The van der Waals surface area contributed by atoms with Gasteiger partial charge in [0.1, 0.15) is 0 Å². The van der Waals surface area contributed by atoms with Crippen LogP contribution in [0, 0.1) is 10.4 Å². The molecule has 14 unspecified atom stereocenters. The minimum absolute atomic E-state index is 0. The molecule has 4 spiro atoms. The number of hydrogen-bond donors (Lipinski definition) is 0. The van der Waals surface area contributed by atoms with Gasteiger partial charge in [0.2, 0.25) is 0 Å². The largest absolute Gasteiger partial charge is 1.00 e. The maximum absolute atomic E-state index is 2.68. The standard InChI is InChI=1S/C64H16N.C64H14N.2HI/c2*1-65(2)3-63-59-51-43-33-23-15-7-5-6-9-13-11(7)19-27-21(13)31-25-17(9)18-10(6)14-12-8(5)16(15)24-30-20(12)28-22(14)32-26(18)36-35(25)45-39(31)49-41(27)47(37(43)29(19)23)55(59)57(49)61-53(45)54-46(36)40(32)50-42(28)48-38(30)44(34(24)33)52(51)60(63)56(48)58(50)62(54)64(61,63)4-65;;/h7,11,20,30,36,39H,3-4H2,1-2H3;7,11,20,30H,3-4H2,1-2H3;2*1H/q2*+1;;/p-2. The predicted molar refractivity (Wildman–Crippen MR) is 521 cm³/mol. The Bertz CT molecular complexity index is 14500. The topological polar surface area (TPSA) is 0 Å². The summed E-state index contributed by atoms with van der Waals surface area (Å²) in [6.07, 6.45) is 0. The molecule has 566 valence electrons. The number of nitrogens with zero attached hydrogens (tertiary/aromatic N) is 2. The highest BCUT2D eigenvalue weighted by Crippen LogP contribution is 2.95. The first-order chi connectivity index (χ1) is 64.3. The SMILES string of the molecule is C[N+]1(C)CC23C4=C5C6=C7c8c9c%10c%11c%12c8c8c%13c%14c%15c%16c%17c%18c%19c%20c%21c(c%18c%18c2c5c(c%14c%18%17)C7%13)C3(C1)c1c2c4c(c3c=%10c4c5c7c%10c%13c(c%20c7c(c1%21)c5c23)C%19C%16c1c-%13c(c%12c8c1%15)C%10C%114)C69.C[N+]1(C)CC23c4c5c6c7c8c4c4c2c2c9c%10c%11c%12c(c5c5c6c6c%13c%14c%15c%16c%17c%18c%19c%20c%21c%22c%23c%24c%25c(c-%16c(c8c%25c4c%24c2c%22c9c2c%21c4c%19c(c%18%14)c8c%13c5c%12c8c4c%112)C7C%156)C%17C%23%20)C%103C1.[I-].[I-]. The molecule has 30 aliphatic carbocycles. The fourth-order valence-electron chi connectivity index (χ4n) is 54.0. The van der Waals surface area contributed by atoms with Crippen molar-refractivity contribution in [2.45, 2.75) is 80.8 Å². The smallest absolute Gasteiger partial charge is 0.0937 e. The van der Waals surface area contributed by atoms with Gasteiger partial charge in [0, 0.05) is 59.2 Å². The lowest BCUT2D eigenvalue weighted by Gasteiger charge is -2.49. The minimum Gasteiger partial charge on any atom is -1.00 e. The van der Waals surface area contributed by atoms with Crippen molar-refractivity contribution in [2.75, 3.05) is 54.4 Å². The van der Waals surface area contributed by atoms with Crippen LogP contribution in [0.3, 0.4) is 0 Å². The van der Waals surface area contributed by atoms with Gasteiger partial charge in [-0.3, -0.25) is 0 Å². The van der Waals surface area contributed by atoms with Crippen LogP contribution in [0.1, 0.15) is 226 Å². The third-order valence-electron chi connectivity index (χ3n) is 52.4. The van der Waals surface area contributed by atoms with Crippen LogP contribution >= 0.6 is 0 Å². The summed E-state index contributed by atoms with van der Waals surface area (Å²) in [5.74, 6) is 4.40. The van der Waals surface area contributed by atoms with Crippen molar-refractivity contribution in [1.29, 1.82) is 0 Å². The molecule has 2 saturated heterocycles. The van der Waals surface area contributed by atoms with Gasteiger partial charge in [0.15, 0.2) is 0 Å². The molecule has 0 N–H and O–H groups in total. The summed E-state index contributed by atoms with van der Waals surface area (Å²) in [5, 5.41) is 120. The first-order valence-electron chi connectivity index (χ1n) is 50.7. The van der Waals surface area contributed by atoms with E-state index >= 15 is 0 Å². The molecule has 0 bridgehead atoms. The van der Waals surface area contributed by atoms with Crippen molar-refractivity contribution < 1.29 is 56.9 Å². The quantitative estimate of drug-likeness (QED) is 0.0806. The van der Waals surface area contributed by atoms with Crippen LogP contribution in [0.4, 0.5) is 0 Å². The monoisotopic (exact) mass is 1850 g/mol. The Morgan fingerprint density at radius 3 is 0.811 bits per heavy atom. The Morgan fingerprint density at radius 1 is 0.159 bits per heavy atom. The number of allylic oxidation sites excluding steroid dienone is 3. The summed E-state index contributed by atoms with van der Waals surface area (Å²) in [4.78, 5) is 0. The fourth-order valence-corrected chi connectivity index (χ4v) is 54.0. The van der Waals surface area contributed by atoms with E-state index in [1.807, 2.05) is 189 Å². The lowest BCUT2D eigenvalue weighted by molar-refractivity contribution is -0.880. The van der Waals surface area contributed by atoms with Gasteiger partial charge in [0.25, 0.3) is 0 Å². The molecule has 2 heterocycles. The van der Waals surface area contributed by atoms with E-state index in [4.69, 9.17) is 0 Å². The van der Waals surface area contributed by atoms with Gasteiger partial charge in [-0.25, -0.2) is 0 Å². The normalized spacial score (nSPS) is 31.3. The number of likely N-dealkylation sites (N-methyl/N-ethyl adjacent to an activating group) is 2. The lowest BCUT2D eigenvalue weighted by atomic mass is 9.48. The first-order valence-corrected chi connectivity index (χ1v) is 50.7. The first kappa shape index (κ1) is 52.2. The fraction of sp³-hybridized carbons (Fsp3) is 0.172. The number of likely N-dealkylation sites (tertiary alicyclic amines) is 2. The van der Waals surface area contributed by atoms with Gasteiger partial charge in [-0.2, -0.15) is 0 Å². The third-order valence-corrected chi connectivity index (χ3v) is 52.4. The van der Waals surface area contributed by atoms with Gasteiger partial charge in [-0.1, -0.05) is 0 Å². The summed E-state index contributed by atoms with van der Waals surface area (Å²) < 4.78 is 2.21. The molecule has 34 aromatic carbocycles. The summed E-state index contributed by atoms with van der Waals surface area (Å²) in [6, 6.07) is 0. The number of quaternary nitrogens is 2. The van der Waals surface area contributed by atoms with E-state index in [9.17, 15) is 0 Å². The number of benzene rings is 24. The average Bonchev–Trinajstić information content (AvgIpc) is 1.38. The summed E-state index contributed by atoms with van der Waals surface area (Å²) in [5.41, 5.74) is 69.6. The predicted octanol–water partition coefficient (Wildman–Crippen LogP) is 22.0. The van der Waals surface area contributed by atoms with Gasteiger partial charge >= 0.3 is 0 Å². The molecule has 66 rings (SSSR count). The van der Waals surface area contributed by atoms with Crippen LogP contribution in [0.2, 0.25) is 0 Å². The third kappa shape index (κ3) is 2.79. The highest BCUT2D eigenvalue weighted by molar-refractivity contribution is 6.74. The molecular formula is C128H30I2N2. The lowest BCUT2D eigenvalue weighted by Crippen LogP contribution is -3.00. The summed E-state index contributed by atoms with van der Waals surface area (Å²) >= 11 is 0. The Hall–Kier alpha value is -12.4. The van der Waals surface area contributed by atoms with E-state index in [0.717, 1.165) is 8.97 Å². The molecule has 2 fully saturated rings. The molecule has 14 atom stereocenters. The highest BCUT2D eigenvalue weighted by Gasteiger charge is 2.83. The van der Waals surface area contributed by atoms with Crippen LogP contribution in [-0.2, 0) is 21.7 Å². The van der Waals surface area contributed by atoms with Crippen LogP contribution in [0.5, 0.6) is 0 Å². The molecule has 0 aromatic heterocycles. The van der Waals surface area contributed by atoms with Crippen LogP contribution < -0.4 is 48.0 Å². The highest BCUT2D eigenvalue weighted by atomic mass is 127. The Morgan fingerprint density at radius 2 is 0.386 bits per heavy atom. The van der Waals surface area contributed by atoms with E-state index in [0.29, 0.717) is 59.2 Å². The second kappa shape index (κ2) is 11.6. The Kier molecular flexibility index (Phi) is 4.59. The minimum atomic E-state index is -0.0724. The van der Waals surface area contributed by atoms with E-state index in [1.165, 1.54) is 26.2 Å². The number of rotatable bonds is 0. The Balaban J connectivity index is 0.0000000887. The van der Waals surface area contributed by atoms with Gasteiger partial charge in [0.05, 0.1) is 76.0 Å². The van der Waals surface area contributed by atoms with E-state index in [1.54, 1.807) is 388 Å². The zero-order valence-electron chi connectivity index (χ0n) is 69.3. The van der Waals surface area contributed by atoms with Crippen molar-refractivity contribution in [3.8, 4) is 22.3 Å². The van der Waals surface area contributed by atoms with Crippen molar-refractivity contribution in [2.24, 2.45) is 0 Å². The molecule has 0 radical (unpaired) electrons. The van der Waals surface area contributed by atoms with Gasteiger partial charge in [-0.05, 0) is 577 Å². The van der Waals surface area contributed by atoms with Gasteiger partial charge < -0.3 is 56.9 Å². The van der Waals surface area contributed by atoms with Crippen LogP contribution in [0.25, 0.3) is 394 Å². The molecule has 34 aromatic rings. The molecule has 4 heteroatoms. The van der Waals surface area contributed by atoms with Crippen molar-refractivity contribution in [3.63, 3.8) is 0 Å². The Labute approximate surface area is 762 Å². The molecule has 0 amide bonds. The molecule has 2 nitrogen and oxygen atoms in total. The summed E-state index contributed by atoms with van der Waals surface area (Å²) in [7, 11) is 10.7. The zero-order chi connectivity index (χ0) is 76.8. The van der Waals surface area contributed by atoms with Crippen molar-refractivity contribution in [1.82, 2.24) is 0 Å². The average molecular weight is 1850 g/mol. The molecule has 32 aliphatic rings. The van der Waals surface area contributed by atoms with Crippen molar-refractivity contribution >= 4 is 372 Å². The number of halogens is 2. The van der Waals surface area contributed by atoms with Gasteiger partial charge in [-0.15, -0.1) is 0 Å². The van der Waals surface area contributed by atoms with Crippen LogP contribution in [0.15, 0.2) is 5.57 Å². The number of hydrogen-bond acceptors (Lipinski definition) is 0. The van der Waals surface area contributed by atoms with E-state index < -0.39 is 0 Å². The zero-order valence-corrected chi connectivity index (χ0v) is 73.6. The molecular weight excluding hydrogens is 1820 g/mol. The van der Waals surface area contributed by atoms with Crippen molar-refractivity contribution in [3.05, 3.63) is 183 Å². The maximum atomic E-state index is 2.68. The molecule has 132 heavy (non-hydrogen) atoms. The van der Waals surface area contributed by atoms with E-state index in [-0.39, 0.29) is 69.6 Å². The molecule has 2 aliphatic heterocycles. The maximum Gasteiger partial charge on any atom is 0.0937 e. The second-order valence-corrected chi connectivity index (χ2v) is 53.4. The van der Waals surface area contributed by atoms with E-state index in [2.05, 4.69) is 28.2 Å².